The Balaban J connectivity index is 1.64. The van der Waals surface area contributed by atoms with E-state index in [-0.39, 0.29) is 18.0 Å². The number of morpholine rings is 1. The minimum Gasteiger partial charge on any atom is -0.378 e. The summed E-state index contributed by atoms with van der Waals surface area (Å²) in [6, 6.07) is 10.8. The maximum absolute atomic E-state index is 12.5. The third-order valence-corrected chi connectivity index (χ3v) is 4.18. The van der Waals surface area contributed by atoms with Crippen molar-refractivity contribution < 1.29 is 9.53 Å². The maximum atomic E-state index is 12.5. The molecule has 0 saturated carbocycles. The van der Waals surface area contributed by atoms with E-state index in [1.165, 1.54) is 5.56 Å². The van der Waals surface area contributed by atoms with Gasteiger partial charge in [-0.2, -0.15) is 0 Å². The molecule has 0 aliphatic carbocycles. The van der Waals surface area contributed by atoms with Crippen LogP contribution in [0, 0.1) is 0 Å². The number of rotatable bonds is 3. The standard InChI is InChI=1S/C16H22N2O2/c19-16(11-14-12-20-10-8-17-14)18-9-4-7-15(18)13-5-2-1-3-6-13/h1-3,5-6,14-15,17H,4,7-12H2/t14-,15-/m0/s1. The zero-order valence-electron chi connectivity index (χ0n) is 11.8. The monoisotopic (exact) mass is 274 g/mol. The van der Waals surface area contributed by atoms with Gasteiger partial charge in [-0.15, -0.1) is 0 Å². The molecule has 2 aliphatic rings. The first-order chi connectivity index (χ1) is 9.84. The second-order valence-electron chi connectivity index (χ2n) is 5.59. The number of nitrogens with zero attached hydrogens (tertiary/aromatic N) is 1. The van der Waals surface area contributed by atoms with E-state index in [2.05, 4.69) is 17.4 Å². The first-order valence-corrected chi connectivity index (χ1v) is 7.50. The summed E-state index contributed by atoms with van der Waals surface area (Å²) >= 11 is 0. The van der Waals surface area contributed by atoms with Crippen LogP contribution >= 0.6 is 0 Å². The SMILES string of the molecule is O=C(C[C@H]1COCCN1)N1CCC[C@H]1c1ccccc1. The second-order valence-corrected chi connectivity index (χ2v) is 5.59. The summed E-state index contributed by atoms with van der Waals surface area (Å²) in [5.41, 5.74) is 1.26. The summed E-state index contributed by atoms with van der Waals surface area (Å²) in [5, 5.41) is 3.36. The highest BCUT2D eigenvalue weighted by molar-refractivity contribution is 5.77. The van der Waals surface area contributed by atoms with E-state index in [1.54, 1.807) is 0 Å². The predicted molar refractivity (Wildman–Crippen MR) is 77.4 cm³/mol. The molecule has 2 heterocycles. The van der Waals surface area contributed by atoms with Gasteiger partial charge < -0.3 is 15.0 Å². The van der Waals surface area contributed by atoms with Crippen molar-refractivity contribution in [3.8, 4) is 0 Å². The number of nitrogens with one attached hydrogen (secondary N) is 1. The van der Waals surface area contributed by atoms with Crippen molar-refractivity contribution in [2.24, 2.45) is 0 Å². The summed E-state index contributed by atoms with van der Waals surface area (Å²) in [4.78, 5) is 14.6. The van der Waals surface area contributed by atoms with Crippen molar-refractivity contribution in [3.63, 3.8) is 0 Å². The lowest BCUT2D eigenvalue weighted by Crippen LogP contribution is -2.45. The molecular formula is C16H22N2O2. The number of ether oxygens (including phenoxy) is 1. The predicted octanol–water partition coefficient (Wildman–Crippen LogP) is 1.73. The van der Waals surface area contributed by atoms with Gasteiger partial charge in [0, 0.05) is 25.6 Å². The molecule has 1 aromatic rings. The lowest BCUT2D eigenvalue weighted by atomic mass is 10.0. The van der Waals surface area contributed by atoms with Gasteiger partial charge in [-0.1, -0.05) is 30.3 Å². The van der Waals surface area contributed by atoms with E-state index in [1.807, 2.05) is 23.1 Å². The Kier molecular flexibility index (Phi) is 4.33. The zero-order chi connectivity index (χ0) is 13.8. The number of hydrogen-bond acceptors (Lipinski definition) is 3. The number of benzene rings is 1. The Morgan fingerprint density at radius 1 is 1.35 bits per heavy atom. The fourth-order valence-electron chi connectivity index (χ4n) is 3.17. The molecule has 2 aliphatic heterocycles. The molecule has 0 unspecified atom stereocenters. The van der Waals surface area contributed by atoms with Crippen LogP contribution in [0.1, 0.15) is 30.9 Å². The summed E-state index contributed by atoms with van der Waals surface area (Å²) in [6.45, 7) is 3.13. The van der Waals surface area contributed by atoms with Gasteiger partial charge in [0.2, 0.25) is 5.91 Å². The summed E-state index contributed by atoms with van der Waals surface area (Å²) < 4.78 is 5.42. The minimum atomic E-state index is 0.174. The molecule has 2 atom stereocenters. The van der Waals surface area contributed by atoms with Crippen LogP contribution in [-0.2, 0) is 9.53 Å². The Morgan fingerprint density at radius 3 is 2.95 bits per heavy atom. The summed E-state index contributed by atoms with van der Waals surface area (Å²) in [5.74, 6) is 0.249. The molecule has 0 radical (unpaired) electrons. The molecule has 0 bridgehead atoms. The van der Waals surface area contributed by atoms with Gasteiger partial charge in [0.05, 0.1) is 19.3 Å². The van der Waals surface area contributed by atoms with Gasteiger partial charge in [0.15, 0.2) is 0 Å². The van der Waals surface area contributed by atoms with E-state index >= 15 is 0 Å². The molecule has 4 heteroatoms. The van der Waals surface area contributed by atoms with Gasteiger partial charge in [0.1, 0.15) is 0 Å². The highest BCUT2D eigenvalue weighted by atomic mass is 16.5. The van der Waals surface area contributed by atoms with Crippen LogP contribution < -0.4 is 5.32 Å². The number of hydrogen-bond donors (Lipinski definition) is 1. The number of carbonyl (C=O) groups is 1. The Hall–Kier alpha value is -1.39. The Labute approximate surface area is 120 Å². The maximum Gasteiger partial charge on any atom is 0.224 e. The molecule has 1 amide bonds. The molecule has 108 valence electrons. The van der Waals surface area contributed by atoms with Crippen molar-refractivity contribution in [1.29, 1.82) is 0 Å². The van der Waals surface area contributed by atoms with Crippen LogP contribution in [-0.4, -0.2) is 43.2 Å². The number of amides is 1. The quantitative estimate of drug-likeness (QED) is 0.912. The molecule has 4 nitrogen and oxygen atoms in total. The topological polar surface area (TPSA) is 41.6 Å². The van der Waals surface area contributed by atoms with Crippen LogP contribution in [0.3, 0.4) is 0 Å². The molecule has 3 rings (SSSR count). The molecule has 1 aromatic carbocycles. The molecular weight excluding hydrogens is 252 g/mol. The highest BCUT2D eigenvalue weighted by Crippen LogP contribution is 2.32. The lowest BCUT2D eigenvalue weighted by molar-refractivity contribution is -0.133. The number of carbonyl (C=O) groups excluding carboxylic acids is 1. The lowest BCUT2D eigenvalue weighted by Gasteiger charge is -2.29. The summed E-state index contributed by atoms with van der Waals surface area (Å²) in [6.07, 6.45) is 2.72. The molecule has 20 heavy (non-hydrogen) atoms. The Morgan fingerprint density at radius 2 is 2.20 bits per heavy atom. The normalized spacial score (nSPS) is 26.7. The zero-order valence-corrected chi connectivity index (χ0v) is 11.8. The third kappa shape index (κ3) is 3.02. The van der Waals surface area contributed by atoms with Crippen molar-refractivity contribution >= 4 is 5.91 Å². The van der Waals surface area contributed by atoms with Gasteiger partial charge >= 0.3 is 0 Å². The van der Waals surface area contributed by atoms with Crippen LogP contribution in [0.15, 0.2) is 30.3 Å². The van der Waals surface area contributed by atoms with Crippen molar-refractivity contribution in [2.75, 3.05) is 26.3 Å². The van der Waals surface area contributed by atoms with E-state index in [4.69, 9.17) is 4.74 Å². The van der Waals surface area contributed by atoms with Crippen LogP contribution in [0.25, 0.3) is 0 Å². The van der Waals surface area contributed by atoms with E-state index < -0.39 is 0 Å². The van der Waals surface area contributed by atoms with Crippen molar-refractivity contribution in [1.82, 2.24) is 10.2 Å². The fourth-order valence-corrected chi connectivity index (χ4v) is 3.17. The second kappa shape index (κ2) is 6.37. The van der Waals surface area contributed by atoms with E-state index in [0.29, 0.717) is 13.0 Å². The fraction of sp³-hybridized carbons (Fsp3) is 0.562. The average Bonchev–Trinajstić information content (AvgIpc) is 2.99. The first kappa shape index (κ1) is 13.6. The van der Waals surface area contributed by atoms with Crippen LogP contribution in [0.5, 0.6) is 0 Å². The molecule has 2 saturated heterocycles. The first-order valence-electron chi connectivity index (χ1n) is 7.50. The smallest absolute Gasteiger partial charge is 0.224 e. The van der Waals surface area contributed by atoms with Gasteiger partial charge in [-0.25, -0.2) is 0 Å². The summed E-state index contributed by atoms with van der Waals surface area (Å²) in [7, 11) is 0. The van der Waals surface area contributed by atoms with Crippen LogP contribution in [0.2, 0.25) is 0 Å². The number of likely N-dealkylation sites (tertiary alicyclic amines) is 1. The average molecular weight is 274 g/mol. The van der Waals surface area contributed by atoms with Crippen molar-refractivity contribution in [3.05, 3.63) is 35.9 Å². The third-order valence-electron chi connectivity index (χ3n) is 4.18. The molecule has 2 fully saturated rings. The molecule has 0 aromatic heterocycles. The van der Waals surface area contributed by atoms with E-state index in [9.17, 15) is 4.79 Å². The largest absolute Gasteiger partial charge is 0.378 e. The van der Waals surface area contributed by atoms with Crippen molar-refractivity contribution in [2.45, 2.75) is 31.3 Å². The highest BCUT2D eigenvalue weighted by Gasteiger charge is 2.31. The van der Waals surface area contributed by atoms with Gasteiger partial charge in [-0.3, -0.25) is 4.79 Å². The Bertz CT molecular complexity index is 443. The van der Waals surface area contributed by atoms with E-state index in [0.717, 1.165) is 32.5 Å². The van der Waals surface area contributed by atoms with Gasteiger partial charge in [0.25, 0.3) is 0 Å². The molecule has 0 spiro atoms. The minimum absolute atomic E-state index is 0.174. The van der Waals surface area contributed by atoms with Gasteiger partial charge in [-0.05, 0) is 18.4 Å². The molecule has 1 N–H and O–H groups in total. The van der Waals surface area contributed by atoms with Crippen LogP contribution in [0.4, 0.5) is 0 Å².